The molecule has 0 saturated carbocycles. The minimum absolute atomic E-state index is 0.592. The molecule has 1 heterocycles. The topological polar surface area (TPSA) is 38.9 Å². The average molecular weight is 192 g/mol. The molecular weight excluding hydrogens is 180 g/mol. The molecule has 2 N–H and O–H groups in total. The van der Waals surface area contributed by atoms with Crippen LogP contribution in [0.25, 0.3) is 10.2 Å². The van der Waals surface area contributed by atoms with Crippen LogP contribution in [0.3, 0.4) is 0 Å². The largest absolute Gasteiger partial charge is 0.326 e. The first-order chi connectivity index (χ1) is 6.33. The van der Waals surface area contributed by atoms with Crippen molar-refractivity contribution in [3.05, 3.63) is 28.8 Å². The summed E-state index contributed by atoms with van der Waals surface area (Å²) in [7, 11) is 0. The molecule has 0 spiro atoms. The SMILES string of the molecule is CCc1nc2cc(CN)ccc2s1. The second-order valence-electron chi connectivity index (χ2n) is 2.97. The van der Waals surface area contributed by atoms with Crippen LogP contribution in [0.5, 0.6) is 0 Å². The zero-order chi connectivity index (χ0) is 9.26. The third kappa shape index (κ3) is 1.57. The third-order valence-corrected chi connectivity index (χ3v) is 3.22. The summed E-state index contributed by atoms with van der Waals surface area (Å²) in [4.78, 5) is 4.50. The molecule has 0 aliphatic rings. The van der Waals surface area contributed by atoms with Crippen molar-refractivity contribution in [2.75, 3.05) is 0 Å². The molecule has 0 aliphatic heterocycles. The second kappa shape index (κ2) is 3.44. The monoisotopic (exact) mass is 192 g/mol. The summed E-state index contributed by atoms with van der Waals surface area (Å²) < 4.78 is 1.26. The Hall–Kier alpha value is -0.930. The zero-order valence-electron chi connectivity index (χ0n) is 7.58. The number of nitrogens with zero attached hydrogens (tertiary/aromatic N) is 1. The Morgan fingerprint density at radius 1 is 1.46 bits per heavy atom. The molecule has 0 aliphatic carbocycles. The number of nitrogens with two attached hydrogens (primary N) is 1. The minimum atomic E-state index is 0.592. The van der Waals surface area contributed by atoms with Gasteiger partial charge in [0.05, 0.1) is 15.2 Å². The van der Waals surface area contributed by atoms with E-state index >= 15 is 0 Å². The normalized spacial score (nSPS) is 10.9. The third-order valence-electron chi connectivity index (χ3n) is 2.03. The molecule has 0 atom stereocenters. The Bertz CT molecular complexity index is 418. The van der Waals surface area contributed by atoms with Crippen molar-refractivity contribution < 1.29 is 0 Å². The van der Waals surface area contributed by atoms with Crippen LogP contribution in [-0.2, 0) is 13.0 Å². The van der Waals surface area contributed by atoms with Crippen molar-refractivity contribution in [1.82, 2.24) is 4.98 Å². The maximum absolute atomic E-state index is 5.56. The van der Waals surface area contributed by atoms with E-state index in [1.165, 1.54) is 9.71 Å². The first kappa shape index (κ1) is 8.66. The van der Waals surface area contributed by atoms with Crippen LogP contribution >= 0.6 is 11.3 Å². The predicted molar refractivity (Wildman–Crippen MR) is 56.9 cm³/mol. The molecule has 0 amide bonds. The van der Waals surface area contributed by atoms with Gasteiger partial charge in [-0.05, 0) is 24.1 Å². The highest BCUT2D eigenvalue weighted by atomic mass is 32.1. The van der Waals surface area contributed by atoms with E-state index in [9.17, 15) is 0 Å². The van der Waals surface area contributed by atoms with Gasteiger partial charge < -0.3 is 5.73 Å². The molecule has 0 saturated heterocycles. The van der Waals surface area contributed by atoms with Gasteiger partial charge in [-0.2, -0.15) is 0 Å². The smallest absolute Gasteiger partial charge is 0.0935 e. The van der Waals surface area contributed by atoms with E-state index in [-0.39, 0.29) is 0 Å². The fraction of sp³-hybridized carbons (Fsp3) is 0.300. The fourth-order valence-corrected chi connectivity index (χ4v) is 2.19. The number of thiazole rings is 1. The average Bonchev–Trinajstić information content (AvgIpc) is 2.58. The Kier molecular flexibility index (Phi) is 2.29. The molecule has 1 aromatic heterocycles. The van der Waals surface area contributed by atoms with Crippen LogP contribution in [-0.4, -0.2) is 4.98 Å². The molecular formula is C10H12N2S. The summed E-state index contributed by atoms with van der Waals surface area (Å²) >= 11 is 1.76. The second-order valence-corrected chi connectivity index (χ2v) is 4.08. The molecule has 0 bridgehead atoms. The van der Waals surface area contributed by atoms with E-state index in [1.807, 2.05) is 0 Å². The lowest BCUT2D eigenvalue weighted by molar-refractivity contribution is 1.07. The minimum Gasteiger partial charge on any atom is -0.326 e. The Balaban J connectivity index is 2.57. The summed E-state index contributed by atoms with van der Waals surface area (Å²) in [5.74, 6) is 0. The predicted octanol–water partition coefficient (Wildman–Crippen LogP) is 2.32. The number of hydrogen-bond donors (Lipinski definition) is 1. The van der Waals surface area contributed by atoms with Gasteiger partial charge in [0.25, 0.3) is 0 Å². The van der Waals surface area contributed by atoms with Gasteiger partial charge in [-0.3, -0.25) is 0 Å². The molecule has 2 nitrogen and oxygen atoms in total. The number of hydrogen-bond acceptors (Lipinski definition) is 3. The Morgan fingerprint density at radius 3 is 3.00 bits per heavy atom. The summed E-state index contributed by atoms with van der Waals surface area (Å²) in [6, 6.07) is 6.25. The fourth-order valence-electron chi connectivity index (χ4n) is 1.30. The number of benzene rings is 1. The van der Waals surface area contributed by atoms with Crippen molar-refractivity contribution in [2.24, 2.45) is 5.73 Å². The summed E-state index contributed by atoms with van der Waals surface area (Å²) in [6.07, 6.45) is 1.01. The molecule has 0 fully saturated rings. The molecule has 0 radical (unpaired) electrons. The molecule has 1 aromatic carbocycles. The quantitative estimate of drug-likeness (QED) is 0.793. The van der Waals surface area contributed by atoms with Gasteiger partial charge in [0.1, 0.15) is 0 Å². The number of aromatic nitrogens is 1. The Labute approximate surface area is 81.4 Å². The highest BCUT2D eigenvalue weighted by Gasteiger charge is 2.01. The lowest BCUT2D eigenvalue weighted by atomic mass is 10.2. The Morgan fingerprint density at radius 2 is 2.31 bits per heavy atom. The van der Waals surface area contributed by atoms with Crippen molar-refractivity contribution in [3.63, 3.8) is 0 Å². The van der Waals surface area contributed by atoms with Gasteiger partial charge >= 0.3 is 0 Å². The first-order valence-electron chi connectivity index (χ1n) is 4.42. The highest BCUT2D eigenvalue weighted by Crippen LogP contribution is 2.23. The van der Waals surface area contributed by atoms with E-state index in [0.29, 0.717) is 6.54 Å². The van der Waals surface area contributed by atoms with Crippen molar-refractivity contribution in [3.8, 4) is 0 Å². The van der Waals surface area contributed by atoms with Gasteiger partial charge in [0.2, 0.25) is 0 Å². The summed E-state index contributed by atoms with van der Waals surface area (Å²) in [5.41, 5.74) is 7.80. The molecule has 2 aromatic rings. The number of aryl methyl sites for hydroxylation is 1. The zero-order valence-corrected chi connectivity index (χ0v) is 8.40. The maximum atomic E-state index is 5.56. The standard InChI is InChI=1S/C10H12N2S/c1-2-10-12-8-5-7(6-11)3-4-9(8)13-10/h3-5H,2,6,11H2,1H3. The van der Waals surface area contributed by atoms with Crippen LogP contribution in [0.15, 0.2) is 18.2 Å². The van der Waals surface area contributed by atoms with Gasteiger partial charge in [0, 0.05) is 6.54 Å². The van der Waals surface area contributed by atoms with Crippen molar-refractivity contribution in [1.29, 1.82) is 0 Å². The number of rotatable bonds is 2. The van der Waals surface area contributed by atoms with E-state index in [0.717, 1.165) is 17.5 Å². The molecule has 2 rings (SSSR count). The van der Waals surface area contributed by atoms with Crippen LogP contribution in [0.4, 0.5) is 0 Å². The first-order valence-corrected chi connectivity index (χ1v) is 5.23. The molecule has 3 heteroatoms. The van der Waals surface area contributed by atoms with Crippen molar-refractivity contribution >= 4 is 21.6 Å². The summed E-state index contributed by atoms with van der Waals surface area (Å²) in [6.45, 7) is 2.72. The maximum Gasteiger partial charge on any atom is 0.0935 e. The van der Waals surface area contributed by atoms with Crippen LogP contribution in [0.1, 0.15) is 17.5 Å². The lowest BCUT2D eigenvalue weighted by Crippen LogP contribution is -1.94. The van der Waals surface area contributed by atoms with Gasteiger partial charge in [-0.25, -0.2) is 4.98 Å². The van der Waals surface area contributed by atoms with E-state index in [2.05, 4.69) is 30.1 Å². The summed E-state index contributed by atoms with van der Waals surface area (Å²) in [5, 5.41) is 1.20. The number of fused-ring (bicyclic) bond motifs is 1. The van der Waals surface area contributed by atoms with Crippen LogP contribution in [0.2, 0.25) is 0 Å². The molecule has 13 heavy (non-hydrogen) atoms. The van der Waals surface area contributed by atoms with E-state index < -0.39 is 0 Å². The molecule has 0 unspecified atom stereocenters. The van der Waals surface area contributed by atoms with Gasteiger partial charge in [-0.1, -0.05) is 13.0 Å². The van der Waals surface area contributed by atoms with Gasteiger partial charge in [-0.15, -0.1) is 11.3 Å². The van der Waals surface area contributed by atoms with Crippen LogP contribution in [0, 0.1) is 0 Å². The van der Waals surface area contributed by atoms with E-state index in [1.54, 1.807) is 11.3 Å². The van der Waals surface area contributed by atoms with Crippen LogP contribution < -0.4 is 5.73 Å². The van der Waals surface area contributed by atoms with Crippen molar-refractivity contribution in [2.45, 2.75) is 19.9 Å². The molecule has 68 valence electrons. The highest BCUT2D eigenvalue weighted by molar-refractivity contribution is 7.18. The van der Waals surface area contributed by atoms with E-state index in [4.69, 9.17) is 5.73 Å². The van der Waals surface area contributed by atoms with Gasteiger partial charge in [0.15, 0.2) is 0 Å². The lowest BCUT2D eigenvalue weighted by Gasteiger charge is -1.93.